The molecular weight excluding hydrogens is 342 g/mol. The lowest BCUT2D eigenvalue weighted by atomic mass is 10.2. The number of nitrogens with zero attached hydrogens (tertiary/aromatic N) is 2. The molecule has 0 aliphatic rings. The van der Waals surface area contributed by atoms with Crippen LogP contribution in [0, 0.1) is 0 Å². The minimum atomic E-state index is -0.272. The van der Waals surface area contributed by atoms with Crippen molar-refractivity contribution in [2.75, 3.05) is 11.1 Å². The zero-order valence-corrected chi connectivity index (χ0v) is 14.6. The maximum atomic E-state index is 12.5. The van der Waals surface area contributed by atoms with Gasteiger partial charge in [-0.1, -0.05) is 60.4 Å². The first kappa shape index (κ1) is 16.5. The van der Waals surface area contributed by atoms with Crippen LogP contribution in [-0.4, -0.2) is 21.9 Å². The molecule has 122 valence electrons. The zero-order chi connectivity index (χ0) is 16.8. The summed E-state index contributed by atoms with van der Waals surface area (Å²) in [6.45, 7) is 2.04. The van der Waals surface area contributed by atoms with E-state index in [-0.39, 0.29) is 5.91 Å². The number of carbonyl (C=O) groups excluding carboxylic acids is 1. The van der Waals surface area contributed by atoms with E-state index in [0.717, 1.165) is 10.1 Å². The molecule has 5 nitrogen and oxygen atoms in total. The number of rotatable bonds is 6. The van der Waals surface area contributed by atoms with E-state index in [4.69, 9.17) is 4.74 Å². The van der Waals surface area contributed by atoms with Crippen LogP contribution < -0.4 is 10.1 Å². The number of hydrogen-bond donors (Lipinski definition) is 1. The molecule has 1 aromatic heterocycles. The molecule has 0 aliphatic carbocycles. The molecule has 0 saturated carbocycles. The highest BCUT2D eigenvalue weighted by molar-refractivity contribution is 8.01. The van der Waals surface area contributed by atoms with Gasteiger partial charge < -0.3 is 4.74 Å². The molecule has 7 heteroatoms. The Labute approximate surface area is 148 Å². The van der Waals surface area contributed by atoms with Gasteiger partial charge in [0.25, 0.3) is 5.91 Å². The number of carbonyl (C=O) groups is 1. The number of nitrogens with one attached hydrogen (secondary N) is 1. The fourth-order valence-electron chi connectivity index (χ4n) is 1.97. The summed E-state index contributed by atoms with van der Waals surface area (Å²) in [5, 5.41) is 11.3. The normalized spacial score (nSPS) is 10.4. The summed E-state index contributed by atoms with van der Waals surface area (Å²) >= 11 is 2.95. The Balaban J connectivity index is 1.77. The van der Waals surface area contributed by atoms with Gasteiger partial charge in [0, 0.05) is 0 Å². The van der Waals surface area contributed by atoms with Crippen molar-refractivity contribution in [1.29, 1.82) is 0 Å². The fraction of sp³-hybridized carbons (Fsp3) is 0.118. The lowest BCUT2D eigenvalue weighted by Gasteiger charge is -2.10. The maximum Gasteiger partial charge on any atom is 0.261 e. The number of hydrogen-bond acceptors (Lipinski definition) is 6. The number of para-hydroxylation sites is 2. The summed E-state index contributed by atoms with van der Waals surface area (Å²) in [7, 11) is 0. The Bertz CT molecular complexity index is 821. The van der Waals surface area contributed by atoms with Crippen LogP contribution in [0.1, 0.15) is 17.3 Å². The van der Waals surface area contributed by atoms with Crippen LogP contribution in [-0.2, 0) is 0 Å². The fourth-order valence-corrected chi connectivity index (χ4v) is 3.61. The summed E-state index contributed by atoms with van der Waals surface area (Å²) in [4.78, 5) is 12.5. The molecule has 0 atom stereocenters. The molecule has 1 heterocycles. The topological polar surface area (TPSA) is 64.1 Å². The second kappa shape index (κ2) is 7.94. The molecule has 3 rings (SSSR count). The van der Waals surface area contributed by atoms with Crippen molar-refractivity contribution >= 4 is 34.1 Å². The Morgan fingerprint density at radius 2 is 1.88 bits per heavy atom. The Morgan fingerprint density at radius 1 is 1.12 bits per heavy atom. The van der Waals surface area contributed by atoms with E-state index in [1.807, 2.05) is 43.3 Å². The number of amides is 1. The summed E-state index contributed by atoms with van der Waals surface area (Å²) < 4.78 is 6.65. The molecule has 24 heavy (non-hydrogen) atoms. The second-order valence-electron chi connectivity index (χ2n) is 4.67. The van der Waals surface area contributed by atoms with E-state index in [1.165, 1.54) is 11.3 Å². The summed E-state index contributed by atoms with van der Waals surface area (Å²) in [5.74, 6) is 1.81. The average Bonchev–Trinajstić information content (AvgIpc) is 3.03. The molecule has 2 aromatic carbocycles. The van der Waals surface area contributed by atoms with Crippen molar-refractivity contribution in [2.24, 2.45) is 0 Å². The third-order valence-corrected chi connectivity index (χ3v) is 4.85. The van der Waals surface area contributed by atoms with Gasteiger partial charge in [0.15, 0.2) is 4.34 Å². The number of anilines is 1. The first-order valence-corrected chi connectivity index (χ1v) is 9.16. The Hall–Kier alpha value is -2.38. The molecule has 0 radical (unpaired) electrons. The van der Waals surface area contributed by atoms with E-state index >= 15 is 0 Å². The monoisotopic (exact) mass is 357 g/mol. The van der Waals surface area contributed by atoms with Gasteiger partial charge >= 0.3 is 0 Å². The maximum absolute atomic E-state index is 12.5. The van der Waals surface area contributed by atoms with Crippen LogP contribution in [0.3, 0.4) is 0 Å². The van der Waals surface area contributed by atoms with Crippen LogP contribution >= 0.6 is 23.1 Å². The highest BCUT2D eigenvalue weighted by atomic mass is 32.2. The van der Waals surface area contributed by atoms with Crippen molar-refractivity contribution in [3.63, 3.8) is 0 Å². The Morgan fingerprint density at radius 3 is 2.67 bits per heavy atom. The number of aromatic nitrogens is 2. The van der Waals surface area contributed by atoms with Gasteiger partial charge in [0.1, 0.15) is 11.5 Å². The molecule has 0 aliphatic heterocycles. The highest BCUT2D eigenvalue weighted by Gasteiger charge is 2.15. The highest BCUT2D eigenvalue weighted by Crippen LogP contribution is 2.28. The van der Waals surface area contributed by atoms with Crippen molar-refractivity contribution in [2.45, 2.75) is 11.3 Å². The molecule has 1 amide bonds. The first-order valence-electron chi connectivity index (χ1n) is 7.36. The molecular formula is C17H15N3O2S2. The summed E-state index contributed by atoms with van der Waals surface area (Å²) in [6, 6.07) is 16.5. The van der Waals surface area contributed by atoms with E-state index < -0.39 is 0 Å². The predicted molar refractivity (Wildman–Crippen MR) is 97.2 cm³/mol. The molecule has 0 fully saturated rings. The number of thioether (sulfide) groups is 1. The predicted octanol–water partition coefficient (Wildman–Crippen LogP) is 4.69. The van der Waals surface area contributed by atoms with Gasteiger partial charge in [-0.3, -0.25) is 10.1 Å². The van der Waals surface area contributed by atoms with E-state index in [9.17, 15) is 4.79 Å². The number of benzene rings is 2. The zero-order valence-electron chi connectivity index (χ0n) is 12.9. The molecule has 0 bridgehead atoms. The van der Waals surface area contributed by atoms with Crippen LogP contribution in [0.2, 0.25) is 0 Å². The van der Waals surface area contributed by atoms with Crippen molar-refractivity contribution in [3.05, 3.63) is 60.2 Å². The van der Waals surface area contributed by atoms with Gasteiger partial charge in [-0.05, 0) is 30.0 Å². The lowest BCUT2D eigenvalue weighted by Crippen LogP contribution is -2.12. The van der Waals surface area contributed by atoms with Crippen molar-refractivity contribution < 1.29 is 9.53 Å². The van der Waals surface area contributed by atoms with Crippen LogP contribution in [0.25, 0.3) is 0 Å². The van der Waals surface area contributed by atoms with Gasteiger partial charge in [0.2, 0.25) is 5.13 Å². The minimum Gasteiger partial charge on any atom is -0.457 e. The molecule has 0 spiro atoms. The largest absolute Gasteiger partial charge is 0.457 e. The van der Waals surface area contributed by atoms with Crippen molar-refractivity contribution in [3.8, 4) is 11.5 Å². The third kappa shape index (κ3) is 4.12. The first-order chi connectivity index (χ1) is 11.8. The van der Waals surface area contributed by atoms with E-state index in [0.29, 0.717) is 22.2 Å². The van der Waals surface area contributed by atoms with E-state index in [2.05, 4.69) is 15.5 Å². The van der Waals surface area contributed by atoms with Crippen LogP contribution in [0.5, 0.6) is 11.5 Å². The summed E-state index contributed by atoms with van der Waals surface area (Å²) in [6.07, 6.45) is 0. The quantitative estimate of drug-likeness (QED) is 0.512. The van der Waals surface area contributed by atoms with Crippen molar-refractivity contribution in [1.82, 2.24) is 10.2 Å². The smallest absolute Gasteiger partial charge is 0.261 e. The lowest BCUT2D eigenvalue weighted by molar-refractivity contribution is 0.102. The summed E-state index contributed by atoms with van der Waals surface area (Å²) in [5.41, 5.74) is 0.446. The molecule has 0 unspecified atom stereocenters. The molecule has 0 saturated heterocycles. The minimum absolute atomic E-state index is 0.272. The molecule has 1 N–H and O–H groups in total. The van der Waals surface area contributed by atoms with Gasteiger partial charge in [-0.25, -0.2) is 0 Å². The van der Waals surface area contributed by atoms with Gasteiger partial charge in [-0.15, -0.1) is 10.2 Å². The average molecular weight is 357 g/mol. The SMILES string of the molecule is CCSc1nnc(NC(=O)c2ccccc2Oc2ccccc2)s1. The van der Waals surface area contributed by atoms with Crippen LogP contribution in [0.15, 0.2) is 58.9 Å². The second-order valence-corrected chi connectivity index (χ2v) is 7.16. The van der Waals surface area contributed by atoms with Crippen LogP contribution in [0.4, 0.5) is 5.13 Å². The molecule has 3 aromatic rings. The third-order valence-electron chi connectivity index (χ3n) is 3.00. The Kier molecular flexibility index (Phi) is 5.45. The number of ether oxygens (including phenoxy) is 1. The van der Waals surface area contributed by atoms with E-state index in [1.54, 1.807) is 30.0 Å². The van der Waals surface area contributed by atoms with Gasteiger partial charge in [0.05, 0.1) is 5.56 Å². The standard InChI is InChI=1S/C17H15N3O2S2/c1-2-23-17-20-19-16(24-17)18-15(21)13-10-6-7-11-14(13)22-12-8-4-3-5-9-12/h3-11H,2H2,1H3,(H,18,19,21). The van der Waals surface area contributed by atoms with Gasteiger partial charge in [-0.2, -0.15) is 0 Å².